The molecule has 1 aromatic heterocycles. The van der Waals surface area contributed by atoms with Crippen molar-refractivity contribution in [1.82, 2.24) is 9.97 Å². The molecule has 0 bridgehead atoms. The fourth-order valence-corrected chi connectivity index (χ4v) is 3.13. The summed E-state index contributed by atoms with van der Waals surface area (Å²) in [4.78, 5) is 11.0. The fourth-order valence-electron chi connectivity index (χ4n) is 3.13. The van der Waals surface area contributed by atoms with Gasteiger partial charge in [-0.3, -0.25) is 0 Å². The van der Waals surface area contributed by atoms with Crippen molar-refractivity contribution in [2.75, 3.05) is 51.2 Å². The molecule has 0 unspecified atom stereocenters. The number of rotatable bonds is 8. The van der Waals surface area contributed by atoms with Gasteiger partial charge in [-0.1, -0.05) is 18.2 Å². The lowest BCUT2D eigenvalue weighted by atomic mass is 10.0. The first-order valence-corrected chi connectivity index (χ1v) is 8.79. The van der Waals surface area contributed by atoms with Crippen molar-refractivity contribution in [3.8, 4) is 5.75 Å². The van der Waals surface area contributed by atoms with Crippen LogP contribution in [-0.2, 0) is 16.0 Å². The summed E-state index contributed by atoms with van der Waals surface area (Å²) in [5, 5.41) is 0. The summed E-state index contributed by atoms with van der Waals surface area (Å²) >= 11 is 0. The lowest BCUT2D eigenvalue weighted by molar-refractivity contribution is 0.193. The number of nitrogens with two attached hydrogens (primary N) is 1. The van der Waals surface area contributed by atoms with Crippen molar-refractivity contribution in [3.05, 3.63) is 41.6 Å². The summed E-state index contributed by atoms with van der Waals surface area (Å²) in [7, 11) is 3.37. The molecular weight excluding hydrogens is 332 g/mol. The minimum absolute atomic E-state index is 0.273. The van der Waals surface area contributed by atoms with Gasteiger partial charge in [0.2, 0.25) is 5.95 Å². The molecule has 3 rings (SSSR count). The van der Waals surface area contributed by atoms with E-state index in [0.717, 1.165) is 35.9 Å². The van der Waals surface area contributed by atoms with Crippen LogP contribution in [0.3, 0.4) is 0 Å². The molecule has 0 amide bonds. The van der Waals surface area contributed by atoms with Gasteiger partial charge in [0.25, 0.3) is 0 Å². The third-order valence-electron chi connectivity index (χ3n) is 4.54. The van der Waals surface area contributed by atoms with Crippen LogP contribution in [0.5, 0.6) is 5.75 Å². The molecule has 1 fully saturated rings. The lowest BCUT2D eigenvalue weighted by Crippen LogP contribution is -2.28. The van der Waals surface area contributed by atoms with Crippen molar-refractivity contribution in [2.24, 2.45) is 0 Å². The Balaban J connectivity index is 1.89. The number of nitrogens with zero attached hydrogens (tertiary/aromatic N) is 3. The van der Waals surface area contributed by atoms with Gasteiger partial charge in [-0.15, -0.1) is 0 Å². The molecule has 2 N–H and O–H groups in total. The first kappa shape index (κ1) is 18.4. The van der Waals surface area contributed by atoms with Crippen LogP contribution >= 0.6 is 0 Å². The molecule has 1 aromatic carbocycles. The molecule has 2 heterocycles. The molecule has 1 saturated heterocycles. The molecule has 7 nitrogen and oxygen atoms in total. The van der Waals surface area contributed by atoms with Gasteiger partial charge in [-0.25, -0.2) is 4.98 Å². The van der Waals surface area contributed by atoms with Crippen LogP contribution in [0.15, 0.2) is 30.3 Å². The molecule has 7 heteroatoms. The highest BCUT2D eigenvalue weighted by molar-refractivity contribution is 5.47. The first-order chi connectivity index (χ1) is 12.7. The van der Waals surface area contributed by atoms with Gasteiger partial charge in [-0.05, 0) is 12.5 Å². The number of hydrogen-bond acceptors (Lipinski definition) is 7. The zero-order chi connectivity index (χ0) is 18.4. The van der Waals surface area contributed by atoms with Gasteiger partial charge in [-0.2, -0.15) is 4.98 Å². The van der Waals surface area contributed by atoms with E-state index in [1.807, 2.05) is 24.3 Å². The number of hydrogen-bond donors (Lipinski definition) is 1. The Bertz CT molecular complexity index is 720. The number of ether oxygens (including phenoxy) is 3. The molecule has 1 aliphatic heterocycles. The largest absolute Gasteiger partial charge is 0.496 e. The van der Waals surface area contributed by atoms with E-state index in [1.54, 1.807) is 14.2 Å². The summed E-state index contributed by atoms with van der Waals surface area (Å²) in [6.45, 7) is 3.36. The lowest BCUT2D eigenvalue weighted by Gasteiger charge is -2.25. The van der Waals surface area contributed by atoms with Gasteiger partial charge >= 0.3 is 0 Å². The second kappa shape index (κ2) is 8.82. The average Bonchev–Trinajstić information content (AvgIpc) is 3.19. The third kappa shape index (κ3) is 4.42. The summed E-state index contributed by atoms with van der Waals surface area (Å²) in [5.74, 6) is 2.20. The molecule has 0 saturated carbocycles. The van der Waals surface area contributed by atoms with Gasteiger partial charge in [0.1, 0.15) is 11.6 Å². The third-order valence-corrected chi connectivity index (χ3v) is 4.54. The monoisotopic (exact) mass is 358 g/mol. The van der Waals surface area contributed by atoms with E-state index in [9.17, 15) is 0 Å². The number of aromatic nitrogens is 2. The van der Waals surface area contributed by atoms with E-state index >= 15 is 0 Å². The number of para-hydroxylation sites is 1. The summed E-state index contributed by atoms with van der Waals surface area (Å²) in [6.07, 6.45) is 0.959. The molecular formula is C19H26N4O3. The van der Waals surface area contributed by atoms with Crippen molar-refractivity contribution < 1.29 is 14.2 Å². The van der Waals surface area contributed by atoms with E-state index in [0.29, 0.717) is 26.3 Å². The Kier molecular flexibility index (Phi) is 6.25. The predicted octanol–water partition coefficient (Wildman–Crippen LogP) is 2.22. The molecule has 2 aromatic rings. The maximum atomic E-state index is 6.00. The highest BCUT2D eigenvalue weighted by Crippen LogP contribution is 2.28. The Morgan fingerprint density at radius 1 is 1.27 bits per heavy atom. The molecule has 0 spiro atoms. The van der Waals surface area contributed by atoms with Crippen molar-refractivity contribution >= 4 is 11.8 Å². The second-order valence-electron chi connectivity index (χ2n) is 6.30. The van der Waals surface area contributed by atoms with Crippen LogP contribution in [0.2, 0.25) is 0 Å². The molecule has 0 aliphatic carbocycles. The minimum Gasteiger partial charge on any atom is -0.496 e. The first-order valence-electron chi connectivity index (χ1n) is 8.79. The van der Waals surface area contributed by atoms with Crippen LogP contribution < -0.4 is 15.4 Å². The molecule has 26 heavy (non-hydrogen) atoms. The summed E-state index contributed by atoms with van der Waals surface area (Å²) in [6, 6.07) is 9.99. The molecule has 1 aliphatic rings. The van der Waals surface area contributed by atoms with Crippen LogP contribution in [-0.4, -0.2) is 50.6 Å². The summed E-state index contributed by atoms with van der Waals surface area (Å²) in [5.41, 5.74) is 8.01. The van der Waals surface area contributed by atoms with Crippen molar-refractivity contribution in [1.29, 1.82) is 0 Å². The highest BCUT2D eigenvalue weighted by Gasteiger charge is 2.22. The second-order valence-corrected chi connectivity index (χ2v) is 6.30. The van der Waals surface area contributed by atoms with Crippen molar-refractivity contribution in [3.63, 3.8) is 0 Å². The summed E-state index contributed by atoms with van der Waals surface area (Å²) < 4.78 is 16.3. The normalized spacial score (nSPS) is 16.6. The van der Waals surface area contributed by atoms with Crippen LogP contribution in [0.4, 0.5) is 11.8 Å². The highest BCUT2D eigenvalue weighted by atomic mass is 16.5. The fraction of sp³-hybridized carbons (Fsp3) is 0.474. The van der Waals surface area contributed by atoms with Crippen LogP contribution in [0.1, 0.15) is 23.6 Å². The van der Waals surface area contributed by atoms with Gasteiger partial charge < -0.3 is 24.8 Å². The van der Waals surface area contributed by atoms with E-state index < -0.39 is 0 Å². The predicted molar refractivity (Wildman–Crippen MR) is 101 cm³/mol. The standard InChI is InChI=1S/C19H26N4O3/c1-24-10-8-23(12-14-5-3-4-6-17(14)25-2)18-11-16(21-19(20)22-18)15-7-9-26-13-15/h3-6,11,15H,7-10,12-13H2,1-2H3,(H2,20,21,22)/t15-/m0/s1. The van der Waals surface area contributed by atoms with E-state index in [4.69, 9.17) is 19.9 Å². The maximum Gasteiger partial charge on any atom is 0.222 e. The SMILES string of the molecule is COCCN(Cc1ccccc1OC)c1cc([C@H]2CCOC2)nc(N)n1. The number of benzene rings is 1. The molecule has 0 radical (unpaired) electrons. The smallest absolute Gasteiger partial charge is 0.222 e. The Labute approximate surface area is 154 Å². The number of nitrogen functional groups attached to an aromatic ring is 1. The zero-order valence-corrected chi connectivity index (χ0v) is 15.4. The van der Waals surface area contributed by atoms with Crippen LogP contribution in [0.25, 0.3) is 0 Å². The minimum atomic E-state index is 0.273. The molecule has 1 atom stereocenters. The molecule has 140 valence electrons. The topological polar surface area (TPSA) is 82.7 Å². The van der Waals surface area contributed by atoms with E-state index in [-0.39, 0.29) is 11.9 Å². The Hall–Kier alpha value is -2.38. The average molecular weight is 358 g/mol. The van der Waals surface area contributed by atoms with E-state index in [2.05, 4.69) is 20.9 Å². The number of anilines is 2. The van der Waals surface area contributed by atoms with E-state index in [1.165, 1.54) is 0 Å². The quantitative estimate of drug-likeness (QED) is 0.775. The number of methoxy groups -OCH3 is 2. The van der Waals surface area contributed by atoms with Crippen LogP contribution in [0, 0.1) is 0 Å². The van der Waals surface area contributed by atoms with Crippen molar-refractivity contribution in [2.45, 2.75) is 18.9 Å². The van der Waals surface area contributed by atoms with Gasteiger partial charge in [0.15, 0.2) is 0 Å². The maximum absolute atomic E-state index is 6.00. The Morgan fingerprint density at radius 2 is 2.12 bits per heavy atom. The van der Waals surface area contributed by atoms with Gasteiger partial charge in [0.05, 0.1) is 26.0 Å². The Morgan fingerprint density at radius 3 is 2.85 bits per heavy atom. The van der Waals surface area contributed by atoms with Gasteiger partial charge in [0, 0.05) is 44.4 Å². The zero-order valence-electron chi connectivity index (χ0n) is 15.4.